The Morgan fingerprint density at radius 1 is 1.05 bits per heavy atom. The second-order valence-corrected chi connectivity index (χ2v) is 5.92. The first-order chi connectivity index (χ1) is 10.3. The molecule has 1 amide bonds. The number of rotatable bonds is 3. The van der Waals surface area contributed by atoms with E-state index in [1.165, 1.54) is 5.56 Å². The molecule has 0 unspecified atom stereocenters. The number of hydrogen-bond donors (Lipinski definition) is 1. The van der Waals surface area contributed by atoms with E-state index in [-0.39, 0.29) is 0 Å². The summed E-state index contributed by atoms with van der Waals surface area (Å²) in [6.07, 6.45) is 1.01. The predicted octanol–water partition coefficient (Wildman–Crippen LogP) is 4.53. The highest BCUT2D eigenvalue weighted by Crippen LogP contribution is 2.22. The van der Waals surface area contributed by atoms with Crippen molar-refractivity contribution >= 4 is 11.9 Å². The number of carbonyl (C=O) groups is 1. The van der Waals surface area contributed by atoms with Gasteiger partial charge in [0.05, 0.1) is 6.20 Å². The van der Waals surface area contributed by atoms with Crippen LogP contribution in [0.15, 0.2) is 42.6 Å². The van der Waals surface area contributed by atoms with Gasteiger partial charge in [-0.05, 0) is 52.0 Å². The molecule has 2 aromatic rings. The van der Waals surface area contributed by atoms with Gasteiger partial charge in [-0.3, -0.25) is 5.32 Å². The molecule has 2 rings (SSSR count). The number of hydrogen-bond acceptors (Lipinski definition) is 4. The van der Waals surface area contributed by atoms with Crippen molar-refractivity contribution in [2.75, 3.05) is 5.32 Å². The van der Waals surface area contributed by atoms with Gasteiger partial charge in [0.15, 0.2) is 0 Å². The molecule has 1 aromatic heterocycles. The highest BCUT2D eigenvalue weighted by Gasteiger charge is 2.16. The van der Waals surface area contributed by atoms with Crippen molar-refractivity contribution in [3.8, 4) is 11.5 Å². The number of pyridine rings is 1. The number of ether oxygens (including phenoxy) is 2. The third-order valence-electron chi connectivity index (χ3n) is 2.62. The maximum Gasteiger partial charge on any atom is 0.413 e. The minimum atomic E-state index is -0.543. The van der Waals surface area contributed by atoms with Crippen molar-refractivity contribution in [2.45, 2.75) is 33.3 Å². The first kappa shape index (κ1) is 15.8. The average molecular weight is 300 g/mol. The van der Waals surface area contributed by atoms with Gasteiger partial charge in [-0.2, -0.15) is 0 Å². The first-order valence-electron chi connectivity index (χ1n) is 7.02. The van der Waals surface area contributed by atoms with Crippen LogP contribution >= 0.6 is 0 Å². The molecule has 5 heteroatoms. The van der Waals surface area contributed by atoms with Gasteiger partial charge in [-0.1, -0.05) is 17.7 Å². The van der Waals surface area contributed by atoms with Gasteiger partial charge in [-0.15, -0.1) is 0 Å². The fourth-order valence-corrected chi connectivity index (χ4v) is 1.67. The van der Waals surface area contributed by atoms with E-state index in [0.29, 0.717) is 11.6 Å². The molecule has 1 aromatic carbocycles. The van der Waals surface area contributed by atoms with Gasteiger partial charge in [0, 0.05) is 0 Å². The number of benzene rings is 1. The fraction of sp³-hybridized carbons (Fsp3) is 0.294. The van der Waals surface area contributed by atoms with Crippen molar-refractivity contribution < 1.29 is 14.3 Å². The molecule has 0 bridgehead atoms. The Kier molecular flexibility index (Phi) is 4.65. The second-order valence-electron chi connectivity index (χ2n) is 5.92. The van der Waals surface area contributed by atoms with Gasteiger partial charge in [0.2, 0.25) is 0 Å². The Morgan fingerprint density at radius 2 is 1.68 bits per heavy atom. The van der Waals surface area contributed by atoms with Crippen LogP contribution in [0.3, 0.4) is 0 Å². The summed E-state index contributed by atoms with van der Waals surface area (Å²) >= 11 is 0. The molecule has 0 fully saturated rings. The molecule has 22 heavy (non-hydrogen) atoms. The monoisotopic (exact) mass is 300 g/mol. The Bertz CT molecular complexity index is 628. The zero-order valence-corrected chi connectivity index (χ0v) is 13.2. The number of nitrogens with one attached hydrogen (secondary N) is 1. The third kappa shape index (κ3) is 5.09. The molecule has 1 heterocycles. The molecule has 116 valence electrons. The molecular weight excluding hydrogens is 280 g/mol. The number of carbonyl (C=O) groups excluding carboxylic acids is 1. The minimum absolute atomic E-state index is 0.408. The zero-order chi connectivity index (χ0) is 16.2. The van der Waals surface area contributed by atoms with E-state index in [1.807, 2.05) is 31.2 Å². The molecular formula is C17H20N2O3. The summed E-state index contributed by atoms with van der Waals surface area (Å²) in [5.74, 6) is 1.74. The molecule has 0 aliphatic heterocycles. The summed E-state index contributed by atoms with van der Waals surface area (Å²) in [6.45, 7) is 7.43. The van der Waals surface area contributed by atoms with Crippen molar-refractivity contribution in [1.29, 1.82) is 0 Å². The standard InChI is InChI=1S/C17H20N2O3/c1-12-5-7-13(8-6-12)21-14-9-10-15(18-11-14)19-16(20)22-17(2,3)4/h5-11H,1-4H3,(H,18,19,20). The molecule has 0 atom stereocenters. The maximum atomic E-state index is 11.6. The Labute approximate surface area is 130 Å². The Balaban J connectivity index is 1.95. The van der Waals surface area contributed by atoms with E-state index in [4.69, 9.17) is 9.47 Å². The molecule has 0 spiro atoms. The lowest BCUT2D eigenvalue weighted by Crippen LogP contribution is -2.27. The van der Waals surface area contributed by atoms with Crippen molar-refractivity contribution in [2.24, 2.45) is 0 Å². The average Bonchev–Trinajstić information content (AvgIpc) is 2.41. The summed E-state index contributed by atoms with van der Waals surface area (Å²) in [6, 6.07) is 11.1. The van der Waals surface area contributed by atoms with Gasteiger partial charge in [0.1, 0.15) is 22.9 Å². The van der Waals surface area contributed by atoms with Crippen molar-refractivity contribution in [3.63, 3.8) is 0 Å². The maximum absolute atomic E-state index is 11.6. The van der Waals surface area contributed by atoms with E-state index >= 15 is 0 Å². The normalized spacial score (nSPS) is 10.9. The SMILES string of the molecule is Cc1ccc(Oc2ccc(NC(=O)OC(C)(C)C)nc2)cc1. The van der Waals surface area contributed by atoms with Crippen LogP contribution in [0.4, 0.5) is 10.6 Å². The number of nitrogens with zero attached hydrogens (tertiary/aromatic N) is 1. The first-order valence-corrected chi connectivity index (χ1v) is 7.02. The predicted molar refractivity (Wildman–Crippen MR) is 85.3 cm³/mol. The molecule has 1 N–H and O–H groups in total. The van der Waals surface area contributed by atoms with Crippen LogP contribution in [-0.2, 0) is 4.74 Å². The lowest BCUT2D eigenvalue weighted by atomic mass is 10.2. The van der Waals surface area contributed by atoms with Crippen LogP contribution in [-0.4, -0.2) is 16.7 Å². The summed E-state index contributed by atoms with van der Waals surface area (Å²) in [7, 11) is 0. The quantitative estimate of drug-likeness (QED) is 0.904. The molecule has 5 nitrogen and oxygen atoms in total. The smallest absolute Gasteiger partial charge is 0.413 e. The highest BCUT2D eigenvalue weighted by molar-refractivity contribution is 5.83. The summed E-state index contributed by atoms with van der Waals surface area (Å²) < 4.78 is 10.8. The van der Waals surface area contributed by atoms with Crippen LogP contribution in [0.25, 0.3) is 0 Å². The molecule has 0 saturated heterocycles. The largest absolute Gasteiger partial charge is 0.456 e. The lowest BCUT2D eigenvalue weighted by Gasteiger charge is -2.19. The fourth-order valence-electron chi connectivity index (χ4n) is 1.67. The van der Waals surface area contributed by atoms with Crippen molar-refractivity contribution in [3.05, 3.63) is 48.2 Å². The Morgan fingerprint density at radius 3 is 2.23 bits per heavy atom. The van der Waals surface area contributed by atoms with Crippen LogP contribution in [0.2, 0.25) is 0 Å². The van der Waals surface area contributed by atoms with Crippen LogP contribution in [0.1, 0.15) is 26.3 Å². The summed E-state index contributed by atoms with van der Waals surface area (Å²) in [5.41, 5.74) is 0.626. The summed E-state index contributed by atoms with van der Waals surface area (Å²) in [4.78, 5) is 15.8. The van der Waals surface area contributed by atoms with E-state index in [2.05, 4.69) is 10.3 Å². The van der Waals surface area contributed by atoms with Crippen LogP contribution < -0.4 is 10.1 Å². The number of amides is 1. The van der Waals surface area contributed by atoms with Crippen LogP contribution in [0.5, 0.6) is 11.5 Å². The lowest BCUT2D eigenvalue weighted by molar-refractivity contribution is 0.0635. The van der Waals surface area contributed by atoms with E-state index in [1.54, 1.807) is 39.1 Å². The van der Waals surface area contributed by atoms with Gasteiger partial charge >= 0.3 is 6.09 Å². The van der Waals surface area contributed by atoms with Crippen molar-refractivity contribution in [1.82, 2.24) is 4.98 Å². The van der Waals surface area contributed by atoms with Gasteiger partial charge in [0.25, 0.3) is 0 Å². The zero-order valence-electron chi connectivity index (χ0n) is 13.2. The van der Waals surface area contributed by atoms with Gasteiger partial charge < -0.3 is 9.47 Å². The van der Waals surface area contributed by atoms with E-state index in [0.717, 1.165) is 5.75 Å². The molecule has 0 radical (unpaired) electrons. The molecule has 0 aliphatic carbocycles. The minimum Gasteiger partial charge on any atom is -0.456 e. The molecule has 0 aliphatic rings. The number of aromatic nitrogens is 1. The second kappa shape index (κ2) is 6.47. The molecule has 0 saturated carbocycles. The van der Waals surface area contributed by atoms with Gasteiger partial charge in [-0.25, -0.2) is 9.78 Å². The van der Waals surface area contributed by atoms with E-state index < -0.39 is 11.7 Å². The Hall–Kier alpha value is -2.56. The number of aryl methyl sites for hydroxylation is 1. The topological polar surface area (TPSA) is 60.5 Å². The van der Waals surface area contributed by atoms with E-state index in [9.17, 15) is 4.79 Å². The van der Waals surface area contributed by atoms with Crippen LogP contribution in [0, 0.1) is 6.92 Å². The number of anilines is 1. The third-order valence-corrected chi connectivity index (χ3v) is 2.62. The highest BCUT2D eigenvalue weighted by atomic mass is 16.6. The summed E-state index contributed by atoms with van der Waals surface area (Å²) in [5, 5.41) is 2.57.